The highest BCUT2D eigenvalue weighted by Crippen LogP contribution is 2.30. The van der Waals surface area contributed by atoms with Crippen LogP contribution in [0.1, 0.15) is 43.2 Å². The standard InChI is InChI=1S/C24H29N5O5/c1-2-34-23(33)16-9-12-29(13-10-16)24-27-20-19(22(32)28-24)17(14-18(30)26-20)21(31)25-11-8-15-6-4-3-5-7-15/h3-7,16-17H,2,8-14H2,1H3,(H,25,31)(H2,26,27,28,30,32)/t17-/m1/s1. The van der Waals surface area contributed by atoms with E-state index in [9.17, 15) is 19.2 Å². The molecule has 2 aliphatic rings. The molecule has 4 rings (SSSR count). The molecule has 10 nitrogen and oxygen atoms in total. The summed E-state index contributed by atoms with van der Waals surface area (Å²) in [7, 11) is 0. The van der Waals surface area contributed by atoms with E-state index in [1.54, 1.807) is 6.92 Å². The number of nitrogens with one attached hydrogen (secondary N) is 3. The number of ether oxygens (including phenoxy) is 1. The zero-order valence-corrected chi connectivity index (χ0v) is 19.1. The minimum absolute atomic E-state index is 0.112. The van der Waals surface area contributed by atoms with E-state index in [1.807, 2.05) is 35.2 Å². The molecule has 0 aliphatic carbocycles. The van der Waals surface area contributed by atoms with Crippen molar-refractivity contribution in [3.63, 3.8) is 0 Å². The number of amides is 2. The van der Waals surface area contributed by atoms with Crippen LogP contribution in [-0.4, -0.2) is 54.0 Å². The molecule has 3 N–H and O–H groups in total. The van der Waals surface area contributed by atoms with Crippen molar-refractivity contribution in [3.05, 3.63) is 51.8 Å². The van der Waals surface area contributed by atoms with Crippen LogP contribution < -0.4 is 21.1 Å². The van der Waals surface area contributed by atoms with Gasteiger partial charge in [0.1, 0.15) is 5.82 Å². The van der Waals surface area contributed by atoms with E-state index >= 15 is 0 Å². The molecule has 0 spiro atoms. The molecule has 1 aromatic heterocycles. The molecule has 0 bridgehead atoms. The van der Waals surface area contributed by atoms with E-state index in [0.717, 1.165) is 5.56 Å². The van der Waals surface area contributed by atoms with E-state index in [0.29, 0.717) is 51.5 Å². The lowest BCUT2D eigenvalue weighted by Gasteiger charge is -2.32. The van der Waals surface area contributed by atoms with Crippen molar-refractivity contribution in [3.8, 4) is 0 Å². The number of nitrogens with zero attached hydrogens (tertiary/aromatic N) is 2. The molecule has 0 radical (unpaired) electrons. The number of H-pyrrole nitrogens is 1. The Balaban J connectivity index is 1.45. The minimum Gasteiger partial charge on any atom is -0.466 e. The maximum absolute atomic E-state index is 13.0. The Kier molecular flexibility index (Phi) is 7.24. The van der Waals surface area contributed by atoms with Crippen molar-refractivity contribution in [1.29, 1.82) is 0 Å². The van der Waals surface area contributed by atoms with Crippen LogP contribution in [0.5, 0.6) is 0 Å². The normalized spacial score (nSPS) is 18.1. The van der Waals surface area contributed by atoms with Crippen molar-refractivity contribution in [2.45, 2.75) is 38.5 Å². The third-order valence-electron chi connectivity index (χ3n) is 6.23. The van der Waals surface area contributed by atoms with Crippen LogP contribution in [0.3, 0.4) is 0 Å². The summed E-state index contributed by atoms with van der Waals surface area (Å²) >= 11 is 0. The summed E-state index contributed by atoms with van der Waals surface area (Å²) in [4.78, 5) is 59.2. The van der Waals surface area contributed by atoms with Crippen LogP contribution in [0, 0.1) is 5.92 Å². The summed E-state index contributed by atoms with van der Waals surface area (Å²) in [5.41, 5.74) is 0.804. The number of rotatable bonds is 7. The monoisotopic (exact) mass is 467 g/mol. The molecule has 2 aromatic rings. The maximum atomic E-state index is 13.0. The average molecular weight is 468 g/mol. The molecule has 3 heterocycles. The number of hydrogen-bond acceptors (Lipinski definition) is 7. The summed E-state index contributed by atoms with van der Waals surface area (Å²) in [6.07, 6.45) is 1.70. The molecule has 10 heteroatoms. The second-order valence-electron chi connectivity index (χ2n) is 8.50. The van der Waals surface area contributed by atoms with Crippen LogP contribution >= 0.6 is 0 Å². The first-order valence-electron chi connectivity index (χ1n) is 11.6. The smallest absolute Gasteiger partial charge is 0.309 e. The number of anilines is 2. The number of esters is 1. The van der Waals surface area contributed by atoms with Crippen molar-refractivity contribution >= 4 is 29.5 Å². The Morgan fingerprint density at radius 3 is 2.62 bits per heavy atom. The van der Waals surface area contributed by atoms with E-state index in [4.69, 9.17) is 4.74 Å². The first kappa shape index (κ1) is 23.5. The van der Waals surface area contributed by atoms with Gasteiger partial charge in [-0.05, 0) is 31.7 Å². The highest BCUT2D eigenvalue weighted by atomic mass is 16.5. The molecule has 180 valence electrons. The van der Waals surface area contributed by atoms with Crippen LogP contribution in [-0.2, 0) is 25.5 Å². The Labute approximate surface area is 197 Å². The van der Waals surface area contributed by atoms with Crippen molar-refractivity contribution < 1.29 is 19.1 Å². The minimum atomic E-state index is -0.903. The fraction of sp³-hybridized carbons (Fsp3) is 0.458. The molecule has 1 fully saturated rings. The molecule has 2 amide bonds. The van der Waals surface area contributed by atoms with Gasteiger partial charge in [-0.3, -0.25) is 24.2 Å². The van der Waals surface area contributed by atoms with Gasteiger partial charge in [0.05, 0.1) is 24.0 Å². The summed E-state index contributed by atoms with van der Waals surface area (Å²) in [6, 6.07) is 9.74. The van der Waals surface area contributed by atoms with Gasteiger partial charge in [-0.1, -0.05) is 30.3 Å². The average Bonchev–Trinajstić information content (AvgIpc) is 2.84. The van der Waals surface area contributed by atoms with Crippen molar-refractivity contribution in [1.82, 2.24) is 15.3 Å². The third kappa shape index (κ3) is 5.27. The summed E-state index contributed by atoms with van der Waals surface area (Å²) in [5, 5.41) is 5.48. The largest absolute Gasteiger partial charge is 0.466 e. The lowest BCUT2D eigenvalue weighted by Crippen LogP contribution is -2.42. The first-order valence-corrected chi connectivity index (χ1v) is 11.6. The van der Waals surface area contributed by atoms with Gasteiger partial charge >= 0.3 is 5.97 Å². The fourth-order valence-electron chi connectivity index (χ4n) is 4.42. The topological polar surface area (TPSA) is 133 Å². The first-order chi connectivity index (χ1) is 16.5. The van der Waals surface area contributed by atoms with Crippen molar-refractivity contribution in [2.24, 2.45) is 5.92 Å². The summed E-state index contributed by atoms with van der Waals surface area (Å²) in [5.74, 6) is -1.59. The van der Waals surface area contributed by atoms with Gasteiger partial charge in [-0.15, -0.1) is 0 Å². The van der Waals surface area contributed by atoms with Gasteiger partial charge < -0.3 is 20.3 Å². The van der Waals surface area contributed by atoms with Crippen LogP contribution in [0.15, 0.2) is 35.1 Å². The van der Waals surface area contributed by atoms with Crippen LogP contribution in [0.2, 0.25) is 0 Å². The molecule has 1 atom stereocenters. The molecular weight excluding hydrogens is 438 g/mol. The predicted molar refractivity (Wildman–Crippen MR) is 126 cm³/mol. The fourth-order valence-corrected chi connectivity index (χ4v) is 4.42. The van der Waals surface area contributed by atoms with E-state index in [2.05, 4.69) is 20.6 Å². The lowest BCUT2D eigenvalue weighted by atomic mass is 9.92. The molecule has 34 heavy (non-hydrogen) atoms. The highest BCUT2D eigenvalue weighted by Gasteiger charge is 2.35. The number of aromatic amines is 1. The molecule has 0 unspecified atom stereocenters. The number of fused-ring (bicyclic) bond motifs is 1. The zero-order valence-electron chi connectivity index (χ0n) is 19.1. The highest BCUT2D eigenvalue weighted by molar-refractivity contribution is 6.00. The number of carbonyl (C=O) groups excluding carboxylic acids is 3. The maximum Gasteiger partial charge on any atom is 0.309 e. The Morgan fingerprint density at radius 1 is 1.18 bits per heavy atom. The second-order valence-corrected chi connectivity index (χ2v) is 8.50. The lowest BCUT2D eigenvalue weighted by molar-refractivity contribution is -0.148. The number of piperidine rings is 1. The molecule has 1 aromatic carbocycles. The van der Waals surface area contributed by atoms with Crippen molar-refractivity contribution in [2.75, 3.05) is 36.5 Å². The van der Waals surface area contributed by atoms with Gasteiger partial charge in [0.25, 0.3) is 5.56 Å². The molecule has 1 saturated heterocycles. The van der Waals surface area contributed by atoms with Gasteiger partial charge in [0.2, 0.25) is 17.8 Å². The third-order valence-corrected chi connectivity index (χ3v) is 6.23. The molecular formula is C24H29N5O5. The number of hydrogen-bond donors (Lipinski definition) is 3. The quantitative estimate of drug-likeness (QED) is 0.523. The van der Waals surface area contributed by atoms with E-state index < -0.39 is 11.5 Å². The van der Waals surface area contributed by atoms with Crippen LogP contribution in [0.4, 0.5) is 11.8 Å². The van der Waals surface area contributed by atoms with E-state index in [1.165, 1.54) is 0 Å². The molecule has 2 aliphatic heterocycles. The number of carbonyl (C=O) groups is 3. The Bertz CT molecular complexity index is 1110. The number of aromatic nitrogens is 2. The zero-order chi connectivity index (χ0) is 24.1. The SMILES string of the molecule is CCOC(=O)C1CCN(c2nc3c(c(=O)[nH]2)[C@H](C(=O)NCCc2ccccc2)CC(=O)N3)CC1. The van der Waals surface area contributed by atoms with Gasteiger partial charge in [0, 0.05) is 26.1 Å². The number of benzene rings is 1. The van der Waals surface area contributed by atoms with Gasteiger partial charge in [0.15, 0.2) is 0 Å². The summed E-state index contributed by atoms with van der Waals surface area (Å²) < 4.78 is 5.10. The summed E-state index contributed by atoms with van der Waals surface area (Å²) in [6.45, 7) is 3.56. The molecule has 0 saturated carbocycles. The van der Waals surface area contributed by atoms with Crippen LogP contribution in [0.25, 0.3) is 0 Å². The van der Waals surface area contributed by atoms with Gasteiger partial charge in [-0.25, -0.2) is 0 Å². The van der Waals surface area contributed by atoms with Gasteiger partial charge in [-0.2, -0.15) is 4.98 Å². The second kappa shape index (κ2) is 10.5. The Morgan fingerprint density at radius 2 is 1.91 bits per heavy atom. The van der Waals surface area contributed by atoms with E-state index in [-0.39, 0.29) is 41.5 Å². The predicted octanol–water partition coefficient (Wildman–Crippen LogP) is 1.33. The Hall–Kier alpha value is -3.69.